The Kier molecular flexibility index (Phi) is 4.02. The molecule has 0 spiro atoms. The summed E-state index contributed by atoms with van der Waals surface area (Å²) in [5.41, 5.74) is 4.05. The second-order valence-electron chi connectivity index (χ2n) is 5.77. The molecule has 0 saturated heterocycles. The first-order valence-corrected chi connectivity index (χ1v) is 8.01. The van der Waals surface area contributed by atoms with Crippen molar-refractivity contribution in [1.29, 1.82) is 0 Å². The first-order chi connectivity index (χ1) is 12.2. The molecule has 0 saturated carbocycles. The molecule has 1 aromatic heterocycles. The normalized spacial score (nSPS) is 10.8. The summed E-state index contributed by atoms with van der Waals surface area (Å²) >= 11 is 0. The highest BCUT2D eigenvalue weighted by Gasteiger charge is 2.13. The monoisotopic (exact) mass is 326 g/mol. The van der Waals surface area contributed by atoms with Gasteiger partial charge in [0.2, 0.25) is 0 Å². The standard InChI is InChI=1S/C20H15BN2O2/c24-21(25)16-12-10-15(11-13-16)20-22-18-9-5-4-8-17(18)19(23-20)14-6-2-1-3-7-14/h1-13,24-25H. The van der Waals surface area contributed by atoms with Crippen LogP contribution < -0.4 is 5.46 Å². The highest BCUT2D eigenvalue weighted by molar-refractivity contribution is 6.58. The lowest BCUT2D eigenvalue weighted by Crippen LogP contribution is -2.29. The van der Waals surface area contributed by atoms with E-state index in [1.54, 1.807) is 24.3 Å². The Morgan fingerprint density at radius 3 is 2.04 bits per heavy atom. The lowest BCUT2D eigenvalue weighted by molar-refractivity contribution is 0.426. The topological polar surface area (TPSA) is 66.2 Å². The summed E-state index contributed by atoms with van der Waals surface area (Å²) in [5, 5.41) is 19.5. The third-order valence-electron chi connectivity index (χ3n) is 4.12. The van der Waals surface area contributed by atoms with Crippen LogP contribution in [0, 0.1) is 0 Å². The van der Waals surface area contributed by atoms with Gasteiger partial charge in [-0.1, -0.05) is 72.8 Å². The number of benzene rings is 3. The van der Waals surface area contributed by atoms with Crippen LogP contribution in [0.4, 0.5) is 0 Å². The van der Waals surface area contributed by atoms with Gasteiger partial charge in [-0.15, -0.1) is 0 Å². The molecule has 0 amide bonds. The van der Waals surface area contributed by atoms with Crippen LogP contribution in [-0.2, 0) is 0 Å². The fourth-order valence-electron chi connectivity index (χ4n) is 2.83. The molecule has 4 rings (SSSR count). The molecule has 5 heteroatoms. The van der Waals surface area contributed by atoms with Gasteiger partial charge in [-0.05, 0) is 11.5 Å². The third kappa shape index (κ3) is 3.03. The summed E-state index contributed by atoms with van der Waals surface area (Å²) in [4.78, 5) is 9.45. The summed E-state index contributed by atoms with van der Waals surface area (Å²) in [6, 6.07) is 24.9. The van der Waals surface area contributed by atoms with E-state index in [-0.39, 0.29) is 0 Å². The van der Waals surface area contributed by atoms with Crippen LogP contribution in [-0.4, -0.2) is 27.1 Å². The van der Waals surface area contributed by atoms with E-state index in [1.807, 2.05) is 54.6 Å². The minimum Gasteiger partial charge on any atom is -0.423 e. The number of nitrogens with zero attached hydrogens (tertiary/aromatic N) is 2. The fourth-order valence-corrected chi connectivity index (χ4v) is 2.83. The van der Waals surface area contributed by atoms with Gasteiger partial charge < -0.3 is 10.0 Å². The van der Waals surface area contributed by atoms with Crippen LogP contribution in [0.1, 0.15) is 0 Å². The van der Waals surface area contributed by atoms with Gasteiger partial charge in [-0.3, -0.25) is 0 Å². The summed E-state index contributed by atoms with van der Waals surface area (Å²) in [6.07, 6.45) is 0. The van der Waals surface area contributed by atoms with Crippen molar-refractivity contribution in [3.05, 3.63) is 78.9 Å². The van der Waals surface area contributed by atoms with E-state index < -0.39 is 7.12 Å². The van der Waals surface area contributed by atoms with E-state index in [9.17, 15) is 10.0 Å². The molecular weight excluding hydrogens is 311 g/mol. The smallest absolute Gasteiger partial charge is 0.423 e. The lowest BCUT2D eigenvalue weighted by atomic mass is 9.80. The Bertz CT molecular complexity index is 1020. The number of hydrogen-bond donors (Lipinski definition) is 2. The zero-order valence-electron chi connectivity index (χ0n) is 13.4. The van der Waals surface area contributed by atoms with Crippen LogP contribution in [0.2, 0.25) is 0 Å². The summed E-state index contributed by atoms with van der Waals surface area (Å²) in [7, 11) is -1.48. The van der Waals surface area contributed by atoms with Gasteiger partial charge in [0.05, 0.1) is 11.2 Å². The maximum absolute atomic E-state index is 9.24. The Hall–Kier alpha value is -3.02. The molecule has 0 bridgehead atoms. The maximum atomic E-state index is 9.24. The fraction of sp³-hybridized carbons (Fsp3) is 0. The number of hydrogen-bond acceptors (Lipinski definition) is 4. The lowest BCUT2D eigenvalue weighted by Gasteiger charge is -2.09. The Morgan fingerprint density at radius 2 is 1.32 bits per heavy atom. The quantitative estimate of drug-likeness (QED) is 0.568. The van der Waals surface area contributed by atoms with Gasteiger partial charge in [0.25, 0.3) is 0 Å². The maximum Gasteiger partial charge on any atom is 0.488 e. The SMILES string of the molecule is OB(O)c1ccc(-c2nc(-c3ccccc3)c3ccccc3n2)cc1. The van der Waals surface area contributed by atoms with Crippen molar-refractivity contribution in [2.24, 2.45) is 0 Å². The van der Waals surface area contributed by atoms with E-state index in [0.717, 1.165) is 27.7 Å². The Balaban J connectivity index is 1.91. The van der Waals surface area contributed by atoms with Gasteiger partial charge in [0.15, 0.2) is 5.82 Å². The average molecular weight is 326 g/mol. The van der Waals surface area contributed by atoms with Gasteiger partial charge >= 0.3 is 7.12 Å². The highest BCUT2D eigenvalue weighted by Crippen LogP contribution is 2.28. The van der Waals surface area contributed by atoms with Crippen molar-refractivity contribution in [2.45, 2.75) is 0 Å². The van der Waals surface area contributed by atoms with Gasteiger partial charge in [-0.25, -0.2) is 9.97 Å². The Morgan fingerprint density at radius 1 is 0.640 bits per heavy atom. The number of rotatable bonds is 3. The Labute approximate surface area is 145 Å². The molecule has 0 aliphatic carbocycles. The molecule has 4 nitrogen and oxygen atoms in total. The van der Waals surface area contributed by atoms with Crippen LogP contribution in [0.3, 0.4) is 0 Å². The molecule has 0 aliphatic rings. The van der Waals surface area contributed by atoms with Crippen molar-refractivity contribution >= 4 is 23.5 Å². The zero-order valence-corrected chi connectivity index (χ0v) is 13.4. The molecule has 25 heavy (non-hydrogen) atoms. The van der Waals surface area contributed by atoms with Gasteiger partial charge in [0.1, 0.15) is 0 Å². The predicted molar refractivity (Wildman–Crippen MR) is 100 cm³/mol. The van der Waals surface area contributed by atoms with Crippen molar-refractivity contribution in [3.63, 3.8) is 0 Å². The van der Waals surface area contributed by atoms with Crippen molar-refractivity contribution in [3.8, 4) is 22.6 Å². The van der Waals surface area contributed by atoms with E-state index >= 15 is 0 Å². The molecule has 120 valence electrons. The number of aromatic nitrogens is 2. The first-order valence-electron chi connectivity index (χ1n) is 8.01. The first kappa shape index (κ1) is 15.5. The second kappa shape index (κ2) is 6.47. The minimum absolute atomic E-state index is 0.438. The molecule has 1 heterocycles. The summed E-state index contributed by atoms with van der Waals surface area (Å²) in [6.45, 7) is 0. The van der Waals surface area contributed by atoms with Crippen LogP contribution in [0.15, 0.2) is 78.9 Å². The molecule has 0 atom stereocenters. The molecule has 0 aliphatic heterocycles. The summed E-state index contributed by atoms with van der Waals surface area (Å²) < 4.78 is 0. The van der Waals surface area contributed by atoms with E-state index in [4.69, 9.17) is 4.98 Å². The number of para-hydroxylation sites is 1. The average Bonchev–Trinajstić information content (AvgIpc) is 2.68. The molecule has 0 fully saturated rings. The van der Waals surface area contributed by atoms with Crippen LogP contribution in [0.25, 0.3) is 33.5 Å². The minimum atomic E-state index is -1.48. The van der Waals surface area contributed by atoms with E-state index in [1.165, 1.54) is 0 Å². The van der Waals surface area contributed by atoms with E-state index in [2.05, 4.69) is 4.98 Å². The third-order valence-corrected chi connectivity index (χ3v) is 4.12. The van der Waals surface area contributed by atoms with Gasteiger partial charge in [-0.2, -0.15) is 0 Å². The molecule has 3 aromatic carbocycles. The molecule has 4 aromatic rings. The van der Waals surface area contributed by atoms with Crippen LogP contribution in [0.5, 0.6) is 0 Å². The molecular formula is C20H15BN2O2. The summed E-state index contributed by atoms with van der Waals surface area (Å²) in [5.74, 6) is 0.608. The molecule has 0 unspecified atom stereocenters. The van der Waals surface area contributed by atoms with Crippen molar-refractivity contribution < 1.29 is 10.0 Å². The van der Waals surface area contributed by atoms with Crippen molar-refractivity contribution in [2.75, 3.05) is 0 Å². The highest BCUT2D eigenvalue weighted by atomic mass is 16.4. The van der Waals surface area contributed by atoms with E-state index in [0.29, 0.717) is 11.3 Å². The largest absolute Gasteiger partial charge is 0.488 e. The molecule has 0 radical (unpaired) electrons. The van der Waals surface area contributed by atoms with Crippen LogP contribution >= 0.6 is 0 Å². The second-order valence-corrected chi connectivity index (χ2v) is 5.77. The number of fused-ring (bicyclic) bond motifs is 1. The molecule has 2 N–H and O–H groups in total. The van der Waals surface area contributed by atoms with Gasteiger partial charge in [0, 0.05) is 16.5 Å². The van der Waals surface area contributed by atoms with Crippen molar-refractivity contribution in [1.82, 2.24) is 9.97 Å². The zero-order chi connectivity index (χ0) is 17.2. The predicted octanol–water partition coefficient (Wildman–Crippen LogP) is 2.64.